The predicted molar refractivity (Wildman–Crippen MR) is 57.1 cm³/mol. The maximum atomic E-state index is 5.77. The van der Waals surface area contributed by atoms with Gasteiger partial charge in [-0.25, -0.2) is 0 Å². The van der Waals surface area contributed by atoms with Crippen LogP contribution in [0.15, 0.2) is 23.0 Å². The van der Waals surface area contributed by atoms with Gasteiger partial charge in [0.15, 0.2) is 0 Å². The fraction of sp³-hybridized carbons (Fsp3) is 0.636. The van der Waals surface area contributed by atoms with E-state index in [-0.39, 0.29) is 11.6 Å². The van der Waals surface area contributed by atoms with Crippen molar-refractivity contribution in [2.45, 2.75) is 37.8 Å². The minimum absolute atomic E-state index is 0.137. The maximum Gasteiger partial charge on any atom is 0.0935 e. The Hall–Kier alpha value is -0.840. The lowest BCUT2D eigenvalue weighted by atomic mass is 9.89. The molecule has 3 N–H and O–H groups in total. The van der Waals surface area contributed by atoms with Gasteiger partial charge in [0.1, 0.15) is 0 Å². The van der Waals surface area contributed by atoms with Crippen LogP contribution in [0.3, 0.4) is 0 Å². The summed E-state index contributed by atoms with van der Waals surface area (Å²) in [5.41, 5.74) is 3.86. The lowest BCUT2D eigenvalue weighted by Gasteiger charge is -2.32. The molecule has 15 heavy (non-hydrogen) atoms. The molecular weight excluding hydrogens is 192 g/mol. The van der Waals surface area contributed by atoms with Crippen LogP contribution in [0, 0.1) is 0 Å². The van der Waals surface area contributed by atoms with E-state index in [0.717, 1.165) is 31.4 Å². The van der Waals surface area contributed by atoms with Gasteiger partial charge in [0.25, 0.3) is 0 Å². The zero-order valence-corrected chi connectivity index (χ0v) is 9.03. The third kappa shape index (κ3) is 2.22. The second kappa shape index (κ2) is 4.35. The molecule has 2 heterocycles. The molecule has 4 nitrogen and oxygen atoms in total. The van der Waals surface area contributed by atoms with Gasteiger partial charge in [0.2, 0.25) is 0 Å². The highest BCUT2D eigenvalue weighted by atomic mass is 16.5. The Morgan fingerprint density at radius 1 is 1.67 bits per heavy atom. The van der Waals surface area contributed by atoms with Crippen LogP contribution in [0.1, 0.15) is 25.3 Å². The summed E-state index contributed by atoms with van der Waals surface area (Å²) in [5.74, 6) is 5.59. The van der Waals surface area contributed by atoms with Crippen molar-refractivity contribution < 1.29 is 9.15 Å². The average molecular weight is 210 g/mol. The van der Waals surface area contributed by atoms with Gasteiger partial charge in [-0.1, -0.05) is 0 Å². The van der Waals surface area contributed by atoms with Gasteiger partial charge in [-0.3, -0.25) is 11.3 Å². The van der Waals surface area contributed by atoms with Crippen LogP contribution >= 0.6 is 0 Å². The number of hydrazine groups is 1. The summed E-state index contributed by atoms with van der Waals surface area (Å²) < 4.78 is 10.8. The van der Waals surface area contributed by atoms with Gasteiger partial charge in [0, 0.05) is 6.61 Å². The smallest absolute Gasteiger partial charge is 0.0935 e. The first-order valence-corrected chi connectivity index (χ1v) is 5.36. The Bertz CT molecular complexity index is 292. The second-order valence-corrected chi connectivity index (χ2v) is 4.32. The van der Waals surface area contributed by atoms with Crippen molar-refractivity contribution in [3.8, 4) is 0 Å². The molecule has 1 fully saturated rings. The molecule has 1 aliphatic heterocycles. The topological polar surface area (TPSA) is 60.4 Å². The Balaban J connectivity index is 2.03. The molecule has 0 bridgehead atoms. The molecular formula is C11H18N2O2. The van der Waals surface area contributed by atoms with Gasteiger partial charge in [-0.2, -0.15) is 0 Å². The number of hydrogen-bond acceptors (Lipinski definition) is 4. The van der Waals surface area contributed by atoms with Crippen molar-refractivity contribution in [1.82, 2.24) is 5.43 Å². The SMILES string of the molecule is CC1(C(Cc2ccoc2)NN)CCCO1. The van der Waals surface area contributed by atoms with Crippen molar-refractivity contribution in [2.24, 2.45) is 5.84 Å². The van der Waals surface area contributed by atoms with Crippen molar-refractivity contribution in [1.29, 1.82) is 0 Å². The van der Waals surface area contributed by atoms with Crippen LogP contribution < -0.4 is 11.3 Å². The Morgan fingerprint density at radius 2 is 2.53 bits per heavy atom. The fourth-order valence-corrected chi connectivity index (χ4v) is 2.17. The highest BCUT2D eigenvalue weighted by Crippen LogP contribution is 2.30. The summed E-state index contributed by atoms with van der Waals surface area (Å²) in [6, 6.07) is 2.10. The predicted octanol–water partition coefficient (Wildman–Crippen LogP) is 1.22. The Morgan fingerprint density at radius 3 is 3.07 bits per heavy atom. The average Bonchev–Trinajstić information content (AvgIpc) is 2.85. The summed E-state index contributed by atoms with van der Waals surface area (Å²) >= 11 is 0. The van der Waals surface area contributed by atoms with E-state index in [1.165, 1.54) is 0 Å². The van der Waals surface area contributed by atoms with E-state index in [9.17, 15) is 0 Å². The van der Waals surface area contributed by atoms with Gasteiger partial charge in [0.05, 0.1) is 24.2 Å². The van der Waals surface area contributed by atoms with Crippen molar-refractivity contribution in [2.75, 3.05) is 6.61 Å². The third-order valence-corrected chi connectivity index (χ3v) is 3.21. The zero-order chi connectivity index (χ0) is 10.7. The number of nitrogens with two attached hydrogens (primary N) is 1. The molecule has 0 aromatic carbocycles. The zero-order valence-electron chi connectivity index (χ0n) is 9.03. The first kappa shape index (κ1) is 10.7. The molecule has 2 atom stereocenters. The van der Waals surface area contributed by atoms with Crippen LogP contribution in [-0.2, 0) is 11.2 Å². The summed E-state index contributed by atoms with van der Waals surface area (Å²) in [4.78, 5) is 0. The molecule has 0 radical (unpaired) electrons. The third-order valence-electron chi connectivity index (χ3n) is 3.21. The molecule has 84 valence electrons. The number of nitrogens with one attached hydrogen (secondary N) is 1. The Labute approximate surface area is 89.7 Å². The van der Waals surface area contributed by atoms with Crippen molar-refractivity contribution in [3.05, 3.63) is 24.2 Å². The number of hydrogen-bond donors (Lipinski definition) is 2. The highest BCUT2D eigenvalue weighted by molar-refractivity contribution is 5.10. The summed E-state index contributed by atoms with van der Waals surface area (Å²) in [6.07, 6.45) is 6.44. The van der Waals surface area contributed by atoms with Crippen LogP contribution in [0.25, 0.3) is 0 Å². The first-order valence-electron chi connectivity index (χ1n) is 5.36. The lowest BCUT2D eigenvalue weighted by molar-refractivity contribution is -0.0115. The molecule has 2 rings (SSSR count). The van der Waals surface area contributed by atoms with Gasteiger partial charge >= 0.3 is 0 Å². The number of rotatable bonds is 4. The van der Waals surface area contributed by atoms with Crippen LogP contribution in [0.4, 0.5) is 0 Å². The molecule has 0 aliphatic carbocycles. The largest absolute Gasteiger partial charge is 0.472 e. The van der Waals surface area contributed by atoms with E-state index in [0.29, 0.717) is 0 Å². The van der Waals surface area contributed by atoms with E-state index >= 15 is 0 Å². The van der Waals surface area contributed by atoms with Crippen molar-refractivity contribution in [3.63, 3.8) is 0 Å². The standard InChI is InChI=1S/C11H18N2O2/c1-11(4-2-5-15-11)10(13-12)7-9-3-6-14-8-9/h3,6,8,10,13H,2,4-5,7,12H2,1H3. The fourth-order valence-electron chi connectivity index (χ4n) is 2.17. The molecule has 1 aromatic rings. The molecule has 2 unspecified atom stereocenters. The Kier molecular flexibility index (Phi) is 3.09. The van der Waals surface area contributed by atoms with E-state index in [2.05, 4.69) is 12.3 Å². The van der Waals surface area contributed by atoms with E-state index < -0.39 is 0 Å². The quantitative estimate of drug-likeness (QED) is 0.579. The van der Waals surface area contributed by atoms with Crippen molar-refractivity contribution >= 4 is 0 Å². The highest BCUT2D eigenvalue weighted by Gasteiger charge is 2.37. The van der Waals surface area contributed by atoms with Crippen LogP contribution in [0.5, 0.6) is 0 Å². The number of furan rings is 1. The molecule has 0 amide bonds. The lowest BCUT2D eigenvalue weighted by Crippen LogP contribution is -2.52. The van der Waals surface area contributed by atoms with E-state index in [4.69, 9.17) is 15.0 Å². The minimum Gasteiger partial charge on any atom is -0.472 e. The normalized spacial score (nSPS) is 28.1. The van der Waals surface area contributed by atoms with Gasteiger partial charge in [-0.15, -0.1) is 0 Å². The molecule has 1 aliphatic rings. The summed E-state index contributed by atoms with van der Waals surface area (Å²) in [5, 5.41) is 0. The maximum absolute atomic E-state index is 5.77. The number of ether oxygens (including phenoxy) is 1. The molecule has 0 spiro atoms. The van der Waals surface area contributed by atoms with Gasteiger partial charge in [-0.05, 0) is 37.8 Å². The first-order chi connectivity index (χ1) is 7.24. The van der Waals surface area contributed by atoms with E-state index in [1.54, 1.807) is 12.5 Å². The molecule has 0 saturated carbocycles. The minimum atomic E-state index is -0.147. The summed E-state index contributed by atoms with van der Waals surface area (Å²) in [7, 11) is 0. The molecule has 4 heteroatoms. The van der Waals surface area contributed by atoms with E-state index in [1.807, 2.05) is 6.07 Å². The van der Waals surface area contributed by atoms with Gasteiger partial charge < -0.3 is 9.15 Å². The molecule has 1 saturated heterocycles. The second-order valence-electron chi connectivity index (χ2n) is 4.32. The van der Waals surface area contributed by atoms with Crippen LogP contribution in [-0.4, -0.2) is 18.2 Å². The molecule has 1 aromatic heterocycles. The summed E-state index contributed by atoms with van der Waals surface area (Å²) in [6.45, 7) is 2.95. The monoisotopic (exact) mass is 210 g/mol. The van der Waals surface area contributed by atoms with Crippen LogP contribution in [0.2, 0.25) is 0 Å².